The molecule has 0 amide bonds. The van der Waals surface area contributed by atoms with Crippen LogP contribution in [-0.2, 0) is 17.6 Å². The summed E-state index contributed by atoms with van der Waals surface area (Å²) in [5.74, 6) is 0.396. The van der Waals surface area contributed by atoms with Gasteiger partial charge in [0, 0.05) is 30.0 Å². The van der Waals surface area contributed by atoms with Crippen molar-refractivity contribution in [3.05, 3.63) is 45.6 Å². The van der Waals surface area contributed by atoms with Gasteiger partial charge < -0.3 is 25.6 Å². The number of hydrogen-bond acceptors (Lipinski definition) is 6. The van der Waals surface area contributed by atoms with Gasteiger partial charge >= 0.3 is 0 Å². The normalized spacial score (nSPS) is 24.0. The molecule has 27 heavy (non-hydrogen) atoms. The number of thiophene rings is 1. The number of phenols is 2. The van der Waals surface area contributed by atoms with E-state index in [0.29, 0.717) is 18.9 Å². The smallest absolute Gasteiger partial charge is 0.161 e. The molecule has 4 rings (SSSR count). The molecule has 146 valence electrons. The molecule has 0 saturated carbocycles. The van der Waals surface area contributed by atoms with Crippen LogP contribution in [0.2, 0.25) is 0 Å². The van der Waals surface area contributed by atoms with Gasteiger partial charge in [0.1, 0.15) is 0 Å². The average Bonchev–Trinajstić information content (AvgIpc) is 3.22. The van der Waals surface area contributed by atoms with Gasteiger partial charge in [0.2, 0.25) is 0 Å². The first-order valence-corrected chi connectivity index (χ1v) is 10.7. The van der Waals surface area contributed by atoms with Crippen molar-refractivity contribution in [2.24, 2.45) is 11.7 Å². The van der Waals surface area contributed by atoms with Crippen LogP contribution in [0.4, 0.5) is 0 Å². The highest BCUT2D eigenvalue weighted by molar-refractivity contribution is 7.09. The Morgan fingerprint density at radius 3 is 2.70 bits per heavy atom. The molecule has 5 nitrogen and oxygen atoms in total. The molecule has 4 N–H and O–H groups in total. The van der Waals surface area contributed by atoms with E-state index in [0.717, 1.165) is 50.0 Å². The van der Waals surface area contributed by atoms with Gasteiger partial charge in [-0.25, -0.2) is 0 Å². The monoisotopic (exact) mass is 388 g/mol. The molecule has 2 aliphatic heterocycles. The van der Waals surface area contributed by atoms with E-state index in [1.807, 2.05) is 17.4 Å². The average molecular weight is 389 g/mol. The molecule has 6 heteroatoms. The lowest BCUT2D eigenvalue weighted by atomic mass is 9.83. The third-order valence-corrected chi connectivity index (χ3v) is 6.95. The molecule has 0 radical (unpaired) electrons. The highest BCUT2D eigenvalue weighted by Crippen LogP contribution is 2.42. The third-order valence-electron chi connectivity index (χ3n) is 6.02. The molecule has 2 aromatic rings. The van der Waals surface area contributed by atoms with Crippen molar-refractivity contribution in [2.45, 2.75) is 37.9 Å². The highest BCUT2D eigenvalue weighted by Gasteiger charge is 2.35. The maximum absolute atomic E-state index is 10.3. The fourth-order valence-corrected chi connectivity index (χ4v) is 5.12. The predicted molar refractivity (Wildman–Crippen MR) is 107 cm³/mol. The first kappa shape index (κ1) is 18.7. The Labute approximate surface area is 164 Å². The minimum Gasteiger partial charge on any atom is -0.504 e. The molecule has 1 aromatic carbocycles. The Bertz CT molecular complexity index is 757. The summed E-state index contributed by atoms with van der Waals surface area (Å²) in [5, 5.41) is 22.3. The number of nitrogens with two attached hydrogens (primary N) is 1. The van der Waals surface area contributed by atoms with E-state index >= 15 is 0 Å². The number of hydrogen-bond donors (Lipinski definition) is 3. The number of ether oxygens (including phenoxy) is 1. The molecule has 1 fully saturated rings. The number of benzene rings is 1. The molecular formula is C21H28N2O3S. The van der Waals surface area contributed by atoms with Crippen LogP contribution in [0.5, 0.6) is 11.5 Å². The van der Waals surface area contributed by atoms with Crippen LogP contribution in [0.15, 0.2) is 29.6 Å². The van der Waals surface area contributed by atoms with Crippen LogP contribution in [0.25, 0.3) is 0 Å². The molecule has 2 atom stereocenters. The third kappa shape index (κ3) is 3.99. The number of aromatic hydroxyl groups is 2. The summed E-state index contributed by atoms with van der Waals surface area (Å²) in [6, 6.07) is 7.67. The summed E-state index contributed by atoms with van der Waals surface area (Å²) >= 11 is 1.83. The van der Waals surface area contributed by atoms with Crippen molar-refractivity contribution in [2.75, 3.05) is 26.2 Å². The maximum Gasteiger partial charge on any atom is 0.161 e. The molecule has 0 aliphatic carbocycles. The van der Waals surface area contributed by atoms with Gasteiger partial charge in [-0.3, -0.25) is 0 Å². The van der Waals surface area contributed by atoms with Crippen molar-refractivity contribution in [1.29, 1.82) is 0 Å². The van der Waals surface area contributed by atoms with Gasteiger partial charge in [-0.15, -0.1) is 11.3 Å². The summed E-state index contributed by atoms with van der Waals surface area (Å²) in [4.78, 5) is 3.99. The number of piperidine rings is 1. The van der Waals surface area contributed by atoms with E-state index in [1.54, 1.807) is 0 Å². The van der Waals surface area contributed by atoms with Crippen LogP contribution in [-0.4, -0.2) is 47.4 Å². The summed E-state index contributed by atoms with van der Waals surface area (Å²) in [7, 11) is 0. The van der Waals surface area contributed by atoms with Gasteiger partial charge in [0.05, 0.1) is 12.2 Å². The Hall–Kier alpha value is -1.60. The summed E-state index contributed by atoms with van der Waals surface area (Å²) in [5.41, 5.74) is 7.65. The predicted octanol–water partition coefficient (Wildman–Crippen LogP) is 3.06. The number of nitrogens with zero attached hydrogens (tertiary/aromatic N) is 1. The van der Waals surface area contributed by atoms with Crippen molar-refractivity contribution >= 4 is 11.3 Å². The number of likely N-dealkylation sites (tertiary alicyclic amines) is 1. The molecule has 2 aliphatic rings. The zero-order valence-electron chi connectivity index (χ0n) is 15.5. The van der Waals surface area contributed by atoms with E-state index in [1.165, 1.54) is 10.9 Å². The van der Waals surface area contributed by atoms with E-state index < -0.39 is 0 Å². The SMILES string of the molecule is NC[C@@H]1O[C@H](C2CCN(CCc3cccs3)CC2)Cc2c1ccc(O)c2O. The van der Waals surface area contributed by atoms with E-state index in [9.17, 15) is 10.2 Å². The van der Waals surface area contributed by atoms with Gasteiger partial charge in [-0.1, -0.05) is 12.1 Å². The van der Waals surface area contributed by atoms with Gasteiger partial charge in [0.25, 0.3) is 0 Å². The summed E-state index contributed by atoms with van der Waals surface area (Å²) in [6.45, 7) is 3.67. The minimum absolute atomic E-state index is 0.00682. The lowest BCUT2D eigenvalue weighted by Crippen LogP contribution is -2.42. The van der Waals surface area contributed by atoms with Gasteiger partial charge in [-0.05, 0) is 61.3 Å². The Balaban J connectivity index is 1.37. The van der Waals surface area contributed by atoms with Crippen molar-refractivity contribution in [3.8, 4) is 11.5 Å². The molecule has 1 aromatic heterocycles. The number of fused-ring (bicyclic) bond motifs is 1. The summed E-state index contributed by atoms with van der Waals surface area (Å²) in [6.07, 6.45) is 3.81. The molecule has 0 spiro atoms. The Morgan fingerprint density at radius 2 is 2.00 bits per heavy atom. The van der Waals surface area contributed by atoms with Crippen molar-refractivity contribution in [3.63, 3.8) is 0 Å². The quantitative estimate of drug-likeness (QED) is 0.686. The van der Waals surface area contributed by atoms with E-state index in [4.69, 9.17) is 10.5 Å². The van der Waals surface area contributed by atoms with E-state index in [-0.39, 0.29) is 23.7 Å². The maximum atomic E-state index is 10.3. The van der Waals surface area contributed by atoms with Crippen LogP contribution < -0.4 is 5.73 Å². The zero-order chi connectivity index (χ0) is 18.8. The fraction of sp³-hybridized carbons (Fsp3) is 0.524. The molecule has 1 saturated heterocycles. The molecule has 0 bridgehead atoms. The molecule has 3 heterocycles. The first-order chi connectivity index (χ1) is 13.2. The Kier molecular flexibility index (Phi) is 5.68. The largest absolute Gasteiger partial charge is 0.504 e. The van der Waals surface area contributed by atoms with Crippen LogP contribution in [0.3, 0.4) is 0 Å². The van der Waals surface area contributed by atoms with Crippen molar-refractivity contribution in [1.82, 2.24) is 4.90 Å². The second-order valence-electron chi connectivity index (χ2n) is 7.61. The first-order valence-electron chi connectivity index (χ1n) is 9.79. The zero-order valence-corrected chi connectivity index (χ0v) is 16.3. The van der Waals surface area contributed by atoms with Crippen LogP contribution in [0, 0.1) is 5.92 Å². The second-order valence-corrected chi connectivity index (χ2v) is 8.64. The van der Waals surface area contributed by atoms with E-state index in [2.05, 4.69) is 22.4 Å². The number of rotatable bonds is 5. The van der Waals surface area contributed by atoms with Gasteiger partial charge in [0.15, 0.2) is 11.5 Å². The second kappa shape index (κ2) is 8.19. The van der Waals surface area contributed by atoms with Crippen LogP contribution >= 0.6 is 11.3 Å². The fourth-order valence-electron chi connectivity index (χ4n) is 4.42. The molecular weight excluding hydrogens is 360 g/mol. The highest BCUT2D eigenvalue weighted by atomic mass is 32.1. The minimum atomic E-state index is -0.206. The molecule has 0 unspecified atom stereocenters. The lowest BCUT2D eigenvalue weighted by Gasteiger charge is -2.40. The van der Waals surface area contributed by atoms with Crippen molar-refractivity contribution < 1.29 is 14.9 Å². The van der Waals surface area contributed by atoms with Gasteiger partial charge in [-0.2, -0.15) is 0 Å². The topological polar surface area (TPSA) is 79.0 Å². The van der Waals surface area contributed by atoms with Crippen LogP contribution in [0.1, 0.15) is 34.9 Å². The lowest BCUT2D eigenvalue weighted by molar-refractivity contribution is -0.0646. The Morgan fingerprint density at radius 1 is 1.19 bits per heavy atom. The number of phenolic OH excluding ortho intramolecular Hbond substituents is 2. The summed E-state index contributed by atoms with van der Waals surface area (Å²) < 4.78 is 6.32. The standard InChI is InChI=1S/C21H28N2O3S/c22-13-20-16-3-4-18(24)21(25)17(16)12-19(26-20)14-5-8-23(9-6-14)10-7-15-2-1-11-27-15/h1-4,11,14,19-20,24-25H,5-10,12-13,22H2/t19-,20-/m0/s1.